The van der Waals surface area contributed by atoms with E-state index in [0.29, 0.717) is 37.7 Å². The number of carbonyl (C=O) groups excluding carboxylic acids is 2. The van der Waals surface area contributed by atoms with E-state index in [-0.39, 0.29) is 17.9 Å². The molecule has 0 unspecified atom stereocenters. The smallest absolute Gasteiger partial charge is 0.338 e. The van der Waals surface area contributed by atoms with Crippen molar-refractivity contribution in [3.8, 4) is 0 Å². The Bertz CT molecular complexity index is 986. The van der Waals surface area contributed by atoms with Gasteiger partial charge in [-0.25, -0.2) is 4.39 Å². The zero-order chi connectivity index (χ0) is 22.1. The molecule has 0 aromatic heterocycles. The Kier molecular flexibility index (Phi) is 6.14. The molecule has 0 saturated heterocycles. The van der Waals surface area contributed by atoms with Gasteiger partial charge in [0.1, 0.15) is 5.82 Å². The molecule has 30 heavy (non-hydrogen) atoms. The molecule has 1 aliphatic heterocycles. The number of halogens is 4. The third-order valence-electron chi connectivity index (χ3n) is 5.23. The lowest BCUT2D eigenvalue weighted by molar-refractivity contribution is -0.140. The van der Waals surface area contributed by atoms with Crippen LogP contribution in [0.1, 0.15) is 41.2 Å². The van der Waals surface area contributed by atoms with E-state index in [0.717, 1.165) is 28.8 Å². The monoisotopic (exact) mass is 422 g/mol. The van der Waals surface area contributed by atoms with Crippen LogP contribution >= 0.6 is 0 Å². The van der Waals surface area contributed by atoms with Crippen LogP contribution in [-0.4, -0.2) is 23.3 Å². The summed E-state index contributed by atoms with van der Waals surface area (Å²) in [7, 11) is 0. The van der Waals surface area contributed by atoms with E-state index in [1.54, 1.807) is 4.90 Å². The SMILES string of the molecule is CCC(=O)N1CCc2c(ccc(C)c2NC(=O)Cc2ccc(C(F)(F)F)c(F)c2)C1. The van der Waals surface area contributed by atoms with Gasteiger partial charge in [0, 0.05) is 25.2 Å². The fourth-order valence-corrected chi connectivity index (χ4v) is 3.65. The van der Waals surface area contributed by atoms with Gasteiger partial charge in [-0.15, -0.1) is 0 Å². The van der Waals surface area contributed by atoms with Gasteiger partial charge in [0.05, 0.1) is 12.0 Å². The Balaban J connectivity index is 1.76. The van der Waals surface area contributed by atoms with Crippen molar-refractivity contribution in [3.63, 3.8) is 0 Å². The zero-order valence-corrected chi connectivity index (χ0v) is 16.7. The number of nitrogens with one attached hydrogen (secondary N) is 1. The minimum absolute atomic E-state index is 0.0659. The summed E-state index contributed by atoms with van der Waals surface area (Å²) in [5.41, 5.74) is 2.18. The molecule has 0 radical (unpaired) electrons. The number of amides is 2. The van der Waals surface area contributed by atoms with Crippen LogP contribution in [0, 0.1) is 12.7 Å². The Hall–Kier alpha value is -2.90. The number of hydrogen-bond acceptors (Lipinski definition) is 2. The highest BCUT2D eigenvalue weighted by atomic mass is 19.4. The highest BCUT2D eigenvalue weighted by molar-refractivity contribution is 5.94. The predicted molar refractivity (Wildman–Crippen MR) is 104 cm³/mol. The van der Waals surface area contributed by atoms with Gasteiger partial charge in [-0.05, 0) is 47.7 Å². The van der Waals surface area contributed by atoms with E-state index in [9.17, 15) is 27.2 Å². The van der Waals surface area contributed by atoms with Crippen LogP contribution in [0.15, 0.2) is 30.3 Å². The Morgan fingerprint density at radius 3 is 2.53 bits per heavy atom. The molecule has 8 heteroatoms. The predicted octanol–water partition coefficient (Wildman–Crippen LogP) is 4.63. The molecule has 1 aliphatic rings. The lowest BCUT2D eigenvalue weighted by atomic mass is 9.94. The molecule has 3 rings (SSSR count). The summed E-state index contributed by atoms with van der Waals surface area (Å²) >= 11 is 0. The Morgan fingerprint density at radius 1 is 1.17 bits per heavy atom. The van der Waals surface area contributed by atoms with Crippen LogP contribution in [0.2, 0.25) is 0 Å². The van der Waals surface area contributed by atoms with Gasteiger partial charge in [0.2, 0.25) is 11.8 Å². The number of aryl methyl sites for hydroxylation is 1. The van der Waals surface area contributed by atoms with Gasteiger partial charge in [-0.3, -0.25) is 9.59 Å². The number of benzene rings is 2. The summed E-state index contributed by atoms with van der Waals surface area (Å²) in [5.74, 6) is -1.78. The first kappa shape index (κ1) is 21.8. The van der Waals surface area contributed by atoms with Crippen LogP contribution in [0.5, 0.6) is 0 Å². The molecule has 2 aromatic rings. The summed E-state index contributed by atoms with van der Waals surface area (Å²) in [6.07, 6.45) is -4.02. The van der Waals surface area contributed by atoms with Crippen LogP contribution in [0.25, 0.3) is 0 Å². The van der Waals surface area contributed by atoms with Gasteiger partial charge in [0.15, 0.2) is 0 Å². The molecule has 0 saturated carbocycles. The van der Waals surface area contributed by atoms with E-state index >= 15 is 0 Å². The number of rotatable bonds is 4. The van der Waals surface area contributed by atoms with Crippen LogP contribution < -0.4 is 5.32 Å². The lowest BCUT2D eigenvalue weighted by Gasteiger charge is -2.30. The molecule has 0 aliphatic carbocycles. The first-order chi connectivity index (χ1) is 14.1. The highest BCUT2D eigenvalue weighted by Gasteiger charge is 2.34. The molecular formula is C22H22F4N2O2. The van der Waals surface area contributed by atoms with Gasteiger partial charge in [-0.1, -0.05) is 25.1 Å². The summed E-state index contributed by atoms with van der Waals surface area (Å²) in [6, 6.07) is 6.27. The second-order valence-electron chi connectivity index (χ2n) is 7.35. The highest BCUT2D eigenvalue weighted by Crippen LogP contribution is 2.32. The van der Waals surface area contributed by atoms with Crippen molar-refractivity contribution in [1.29, 1.82) is 0 Å². The molecule has 0 spiro atoms. The van der Waals surface area contributed by atoms with Crippen molar-refractivity contribution in [3.05, 3.63) is 64.0 Å². The third kappa shape index (κ3) is 4.63. The largest absolute Gasteiger partial charge is 0.419 e. The summed E-state index contributed by atoms with van der Waals surface area (Å²) in [4.78, 5) is 26.3. The van der Waals surface area contributed by atoms with Crippen molar-refractivity contribution in [2.24, 2.45) is 0 Å². The third-order valence-corrected chi connectivity index (χ3v) is 5.23. The molecule has 1 heterocycles. The van der Waals surface area contributed by atoms with Crippen molar-refractivity contribution in [2.45, 2.75) is 45.8 Å². The average molecular weight is 422 g/mol. The van der Waals surface area contributed by atoms with E-state index in [2.05, 4.69) is 5.32 Å². The first-order valence-electron chi connectivity index (χ1n) is 9.64. The molecule has 2 amide bonds. The second-order valence-corrected chi connectivity index (χ2v) is 7.35. The molecule has 1 N–H and O–H groups in total. The lowest BCUT2D eigenvalue weighted by Crippen LogP contribution is -2.36. The standard InChI is InChI=1S/C22H22F4N2O2/c1-3-20(30)28-9-8-16-15(12-28)6-4-13(2)21(16)27-19(29)11-14-5-7-17(18(23)10-14)22(24,25)26/h4-7,10H,3,8-9,11-12H2,1-2H3,(H,27,29). The Morgan fingerprint density at radius 2 is 1.90 bits per heavy atom. The van der Waals surface area contributed by atoms with Crippen molar-refractivity contribution >= 4 is 17.5 Å². The molecule has 160 valence electrons. The number of fused-ring (bicyclic) bond motifs is 1. The average Bonchev–Trinajstić information content (AvgIpc) is 2.68. The maximum atomic E-state index is 13.8. The van der Waals surface area contributed by atoms with Crippen molar-refractivity contribution in [1.82, 2.24) is 4.90 Å². The maximum Gasteiger partial charge on any atom is 0.419 e. The van der Waals surface area contributed by atoms with E-state index in [4.69, 9.17) is 0 Å². The first-order valence-corrected chi connectivity index (χ1v) is 9.64. The van der Waals surface area contributed by atoms with Gasteiger partial charge < -0.3 is 10.2 Å². The Labute approximate surface area is 171 Å². The molecular weight excluding hydrogens is 400 g/mol. The quantitative estimate of drug-likeness (QED) is 0.731. The zero-order valence-electron chi connectivity index (χ0n) is 16.7. The second kappa shape index (κ2) is 8.45. The van der Waals surface area contributed by atoms with Crippen molar-refractivity contribution in [2.75, 3.05) is 11.9 Å². The summed E-state index contributed by atoms with van der Waals surface area (Å²) in [5, 5.41) is 2.82. The normalized spacial score (nSPS) is 13.7. The fourth-order valence-electron chi connectivity index (χ4n) is 3.65. The molecule has 2 aromatic carbocycles. The number of nitrogens with zero attached hydrogens (tertiary/aromatic N) is 1. The van der Waals surface area contributed by atoms with Gasteiger partial charge >= 0.3 is 6.18 Å². The number of hydrogen-bond donors (Lipinski definition) is 1. The summed E-state index contributed by atoms with van der Waals surface area (Å²) in [6.45, 7) is 4.67. The molecule has 0 bridgehead atoms. The topological polar surface area (TPSA) is 49.4 Å². The molecule has 0 fully saturated rings. The maximum absolute atomic E-state index is 13.8. The minimum Gasteiger partial charge on any atom is -0.338 e. The minimum atomic E-state index is -4.78. The van der Waals surface area contributed by atoms with Gasteiger partial charge in [0.25, 0.3) is 0 Å². The molecule has 4 nitrogen and oxygen atoms in total. The summed E-state index contributed by atoms with van der Waals surface area (Å²) < 4.78 is 51.8. The number of alkyl halides is 3. The van der Waals surface area contributed by atoms with E-state index in [1.807, 2.05) is 26.0 Å². The fraction of sp³-hybridized carbons (Fsp3) is 0.364. The molecule has 0 atom stereocenters. The van der Waals surface area contributed by atoms with Crippen LogP contribution in [0.4, 0.5) is 23.2 Å². The van der Waals surface area contributed by atoms with E-state index < -0.39 is 23.5 Å². The van der Waals surface area contributed by atoms with Crippen LogP contribution in [-0.2, 0) is 35.2 Å². The van der Waals surface area contributed by atoms with E-state index in [1.165, 1.54) is 0 Å². The van der Waals surface area contributed by atoms with Crippen LogP contribution in [0.3, 0.4) is 0 Å². The van der Waals surface area contributed by atoms with Crippen molar-refractivity contribution < 1.29 is 27.2 Å². The number of anilines is 1. The number of carbonyl (C=O) groups is 2. The van der Waals surface area contributed by atoms with Gasteiger partial charge in [-0.2, -0.15) is 13.2 Å².